The number of ketones is 1. The lowest BCUT2D eigenvalue weighted by atomic mass is 9.85. The molecule has 0 bridgehead atoms. The molecule has 2 aliphatic rings. The van der Waals surface area contributed by atoms with Gasteiger partial charge in [-0.15, -0.1) is 5.10 Å². The monoisotopic (exact) mass is 436 g/mol. The molecule has 0 amide bonds. The lowest BCUT2D eigenvalue weighted by Crippen LogP contribution is -2.31. The summed E-state index contributed by atoms with van der Waals surface area (Å²) in [6.45, 7) is 0. The van der Waals surface area contributed by atoms with Crippen molar-refractivity contribution in [2.45, 2.75) is 36.2 Å². The molecule has 0 unspecified atom stereocenters. The number of nitrogens with one attached hydrogen (secondary N) is 1. The van der Waals surface area contributed by atoms with Crippen molar-refractivity contribution in [3.63, 3.8) is 0 Å². The van der Waals surface area contributed by atoms with Gasteiger partial charge in [-0.1, -0.05) is 36.0 Å². The van der Waals surface area contributed by atoms with Gasteiger partial charge in [-0.3, -0.25) is 4.79 Å². The van der Waals surface area contributed by atoms with Crippen LogP contribution >= 0.6 is 11.8 Å². The van der Waals surface area contributed by atoms with Crippen LogP contribution in [-0.4, -0.2) is 27.7 Å². The number of benzene rings is 2. The number of carbonyl (C=O) groups excluding carboxylic acids is 1. The van der Waals surface area contributed by atoms with E-state index >= 15 is 0 Å². The summed E-state index contributed by atoms with van der Waals surface area (Å²) in [4.78, 5) is 17.5. The molecular formula is C23H21FN4O2S. The van der Waals surface area contributed by atoms with Crippen molar-refractivity contribution >= 4 is 23.5 Å². The van der Waals surface area contributed by atoms with E-state index in [4.69, 9.17) is 9.84 Å². The number of anilines is 1. The number of halogens is 1. The molecule has 1 aromatic heterocycles. The third-order valence-corrected chi connectivity index (χ3v) is 6.45. The number of nitrogens with zero attached hydrogens (tertiary/aromatic N) is 3. The van der Waals surface area contributed by atoms with E-state index < -0.39 is 0 Å². The largest absolute Gasteiger partial charge is 0.497 e. The summed E-state index contributed by atoms with van der Waals surface area (Å²) in [5, 5.41) is 8.62. The Labute approximate surface area is 183 Å². The smallest absolute Gasteiger partial charge is 0.227 e. The number of aromatic nitrogens is 3. The second-order valence-electron chi connectivity index (χ2n) is 7.55. The number of hydrogen-bond donors (Lipinski definition) is 1. The first-order valence-corrected chi connectivity index (χ1v) is 11.1. The summed E-state index contributed by atoms with van der Waals surface area (Å²) in [6.07, 6.45) is 2.18. The van der Waals surface area contributed by atoms with Gasteiger partial charge in [0.2, 0.25) is 11.1 Å². The molecule has 0 spiro atoms. The lowest BCUT2D eigenvalue weighted by molar-refractivity contribution is -0.116. The molecule has 1 aliphatic carbocycles. The van der Waals surface area contributed by atoms with E-state index in [9.17, 15) is 9.18 Å². The normalized spacial score (nSPS) is 17.7. The van der Waals surface area contributed by atoms with E-state index in [2.05, 4.69) is 10.3 Å². The van der Waals surface area contributed by atoms with E-state index in [1.54, 1.807) is 17.9 Å². The quantitative estimate of drug-likeness (QED) is 0.583. The van der Waals surface area contributed by atoms with Crippen LogP contribution in [0.2, 0.25) is 0 Å². The maximum Gasteiger partial charge on any atom is 0.227 e. The molecule has 5 rings (SSSR count). The highest BCUT2D eigenvalue weighted by molar-refractivity contribution is 7.98. The Morgan fingerprint density at radius 3 is 2.84 bits per heavy atom. The molecule has 3 aromatic rings. The van der Waals surface area contributed by atoms with Gasteiger partial charge in [0, 0.05) is 23.4 Å². The Balaban J connectivity index is 1.50. The average molecular weight is 437 g/mol. The van der Waals surface area contributed by atoms with Gasteiger partial charge in [0.25, 0.3) is 0 Å². The van der Waals surface area contributed by atoms with Crippen LogP contribution in [0, 0.1) is 5.82 Å². The first kappa shape index (κ1) is 19.8. The van der Waals surface area contributed by atoms with Gasteiger partial charge in [-0.25, -0.2) is 9.07 Å². The van der Waals surface area contributed by atoms with E-state index in [-0.39, 0.29) is 17.6 Å². The van der Waals surface area contributed by atoms with Gasteiger partial charge < -0.3 is 10.1 Å². The van der Waals surface area contributed by atoms with Crippen molar-refractivity contribution in [2.24, 2.45) is 0 Å². The number of methoxy groups -OCH3 is 1. The Hall–Kier alpha value is -3.13. The lowest BCUT2D eigenvalue weighted by Gasteiger charge is -2.32. The third-order valence-electron chi connectivity index (χ3n) is 5.54. The summed E-state index contributed by atoms with van der Waals surface area (Å²) in [7, 11) is 1.63. The van der Waals surface area contributed by atoms with Gasteiger partial charge in [0.1, 0.15) is 17.6 Å². The fraction of sp³-hybridized carbons (Fsp3) is 0.261. The van der Waals surface area contributed by atoms with Crippen molar-refractivity contribution in [1.82, 2.24) is 14.8 Å². The number of hydrogen-bond acceptors (Lipinski definition) is 6. The Morgan fingerprint density at radius 1 is 1.23 bits per heavy atom. The standard InChI is InChI=1S/C23H21FN4O2S/c1-30-17-10-8-15(9-11-17)21-20-18(6-3-7-19(20)29)25-22-26-23(27-28(21)22)31-13-14-4-2-5-16(24)12-14/h2,4-5,8-12,21H,3,6-7,13H2,1H3,(H,25,26,27)/t21-/m1/s1. The van der Waals surface area contributed by atoms with E-state index in [1.807, 2.05) is 30.3 Å². The first-order chi connectivity index (χ1) is 15.1. The first-order valence-electron chi connectivity index (χ1n) is 10.1. The van der Waals surface area contributed by atoms with Gasteiger partial charge in [-0.2, -0.15) is 4.98 Å². The number of thioether (sulfide) groups is 1. The highest BCUT2D eigenvalue weighted by Gasteiger charge is 2.36. The highest BCUT2D eigenvalue weighted by atomic mass is 32.2. The molecule has 1 atom stereocenters. The topological polar surface area (TPSA) is 69.0 Å². The third kappa shape index (κ3) is 3.83. The Morgan fingerprint density at radius 2 is 2.06 bits per heavy atom. The van der Waals surface area contributed by atoms with Crippen LogP contribution in [0.3, 0.4) is 0 Å². The van der Waals surface area contributed by atoms with Crippen LogP contribution < -0.4 is 10.1 Å². The minimum Gasteiger partial charge on any atom is -0.497 e. The zero-order valence-electron chi connectivity index (χ0n) is 17.0. The molecule has 2 aromatic carbocycles. The Kier molecular flexibility index (Phi) is 5.23. The number of ether oxygens (including phenoxy) is 1. The molecule has 1 aliphatic heterocycles. The zero-order chi connectivity index (χ0) is 21.4. The van der Waals surface area contributed by atoms with E-state index in [0.717, 1.165) is 41.0 Å². The van der Waals surface area contributed by atoms with Gasteiger partial charge >= 0.3 is 0 Å². The number of Topliss-reactive ketones (excluding diaryl/α,β-unsaturated/α-hetero) is 1. The molecule has 6 nitrogen and oxygen atoms in total. The highest BCUT2D eigenvalue weighted by Crippen LogP contribution is 2.41. The van der Waals surface area contributed by atoms with Crippen LogP contribution in [0.1, 0.15) is 36.4 Å². The summed E-state index contributed by atoms with van der Waals surface area (Å²) in [5.74, 6) is 1.82. The maximum absolute atomic E-state index is 13.5. The molecule has 0 saturated heterocycles. The molecule has 8 heteroatoms. The fourth-order valence-electron chi connectivity index (χ4n) is 4.07. The van der Waals surface area contributed by atoms with Crippen molar-refractivity contribution in [2.75, 3.05) is 12.4 Å². The summed E-state index contributed by atoms with van der Waals surface area (Å²) >= 11 is 1.44. The Bertz CT molecular complexity index is 1170. The molecule has 158 valence electrons. The van der Waals surface area contributed by atoms with Crippen molar-refractivity contribution in [1.29, 1.82) is 0 Å². The molecule has 0 radical (unpaired) electrons. The van der Waals surface area contributed by atoms with Crippen molar-refractivity contribution in [3.05, 3.63) is 76.7 Å². The maximum atomic E-state index is 13.5. The van der Waals surface area contributed by atoms with Gasteiger partial charge in [-0.05, 0) is 48.2 Å². The number of rotatable bonds is 5. The van der Waals surface area contributed by atoms with Crippen molar-refractivity contribution in [3.8, 4) is 5.75 Å². The zero-order valence-corrected chi connectivity index (χ0v) is 17.8. The average Bonchev–Trinajstić information content (AvgIpc) is 3.19. The number of carbonyl (C=O) groups is 1. The second-order valence-corrected chi connectivity index (χ2v) is 8.49. The second kappa shape index (κ2) is 8.19. The van der Waals surface area contributed by atoms with E-state index in [1.165, 1.54) is 23.9 Å². The molecular weight excluding hydrogens is 415 g/mol. The summed E-state index contributed by atoms with van der Waals surface area (Å²) in [5.41, 5.74) is 3.51. The van der Waals surface area contributed by atoms with Crippen molar-refractivity contribution < 1.29 is 13.9 Å². The predicted octanol–water partition coefficient (Wildman–Crippen LogP) is 4.74. The van der Waals surface area contributed by atoms with Crippen LogP contribution in [0.4, 0.5) is 10.3 Å². The van der Waals surface area contributed by atoms with Crippen LogP contribution in [0.5, 0.6) is 5.75 Å². The predicted molar refractivity (Wildman–Crippen MR) is 117 cm³/mol. The van der Waals surface area contributed by atoms with Crippen LogP contribution in [0.25, 0.3) is 0 Å². The van der Waals surface area contributed by atoms with E-state index in [0.29, 0.717) is 23.3 Å². The molecule has 31 heavy (non-hydrogen) atoms. The molecule has 0 saturated carbocycles. The number of fused-ring (bicyclic) bond motifs is 1. The summed E-state index contributed by atoms with van der Waals surface area (Å²) in [6, 6.07) is 13.9. The fourth-order valence-corrected chi connectivity index (χ4v) is 4.84. The van der Waals surface area contributed by atoms with Gasteiger partial charge in [0.15, 0.2) is 5.78 Å². The molecule has 2 heterocycles. The van der Waals surface area contributed by atoms with Gasteiger partial charge in [0.05, 0.1) is 7.11 Å². The minimum atomic E-state index is -0.332. The molecule has 1 N–H and O–H groups in total. The minimum absolute atomic E-state index is 0.143. The van der Waals surface area contributed by atoms with Crippen LogP contribution in [-0.2, 0) is 10.5 Å². The number of allylic oxidation sites excluding steroid dienone is 2. The van der Waals surface area contributed by atoms with Crippen LogP contribution in [0.15, 0.2) is 65.0 Å². The SMILES string of the molecule is COc1ccc([C@@H]2C3=C(CCCC3=O)Nc3nc(SCc4cccc(F)c4)nn32)cc1. The summed E-state index contributed by atoms with van der Waals surface area (Å²) < 4.78 is 20.6. The molecule has 0 fully saturated rings.